The number of hydrogen-bond donors (Lipinski definition) is 1. The van der Waals surface area contributed by atoms with E-state index in [1.54, 1.807) is 0 Å². The van der Waals surface area contributed by atoms with Crippen molar-refractivity contribution in [3.05, 3.63) is 0 Å². The van der Waals surface area contributed by atoms with Gasteiger partial charge in [-0.15, -0.1) is 0 Å². The van der Waals surface area contributed by atoms with Crippen LogP contribution in [0.3, 0.4) is 0 Å². The first-order valence-corrected chi connectivity index (χ1v) is 15.6. The molecule has 0 amide bonds. The number of carboxylic acids is 1. The van der Waals surface area contributed by atoms with Crippen molar-refractivity contribution < 1.29 is 62.1 Å². The van der Waals surface area contributed by atoms with E-state index in [9.17, 15) is 14.4 Å². The maximum Gasteiger partial charge on any atom is 0.305 e. The molecule has 0 bridgehead atoms. The van der Waals surface area contributed by atoms with E-state index in [0.29, 0.717) is 105 Å². The molecule has 0 fully saturated rings. The zero-order valence-electron chi connectivity index (χ0n) is 26.2. The molecule has 254 valence electrons. The number of aliphatic carboxylic acids is 1. The van der Waals surface area contributed by atoms with Crippen molar-refractivity contribution in [3.63, 3.8) is 0 Å². The Kier molecular flexibility index (Phi) is 33.1. The van der Waals surface area contributed by atoms with E-state index >= 15 is 0 Å². The molecule has 1 N–H and O–H groups in total. The highest BCUT2D eigenvalue weighted by Gasteiger charge is 2.04. The highest BCUT2D eigenvalue weighted by atomic mass is 16.6. The Morgan fingerprint density at radius 2 is 0.674 bits per heavy atom. The van der Waals surface area contributed by atoms with Gasteiger partial charge < -0.3 is 47.7 Å². The standard InChI is InChI=1S/C30H56O13/c1-2-3-4-5-6-10-29(33)42-26-24-40-22-20-38-18-16-36-14-12-35-13-15-37-17-19-39-21-23-41-25-27-43-30(34)11-8-7-9-28(31)32/h2-27H2,1H3,(H,31,32). The molecule has 0 saturated heterocycles. The van der Waals surface area contributed by atoms with Crippen LogP contribution in [0.1, 0.15) is 71.1 Å². The summed E-state index contributed by atoms with van der Waals surface area (Å²) in [5.74, 6) is -1.37. The molecule has 0 aromatic rings. The second-order valence-electron chi connectivity index (χ2n) is 9.49. The Hall–Kier alpha value is -1.87. The number of carbonyl (C=O) groups is 3. The van der Waals surface area contributed by atoms with Crippen LogP contribution < -0.4 is 0 Å². The monoisotopic (exact) mass is 624 g/mol. The molecule has 0 aliphatic heterocycles. The molecule has 0 radical (unpaired) electrons. The first kappa shape index (κ1) is 41.1. The van der Waals surface area contributed by atoms with Crippen molar-refractivity contribution in [1.29, 1.82) is 0 Å². The summed E-state index contributed by atoms with van der Waals surface area (Å²) < 4.78 is 48.0. The van der Waals surface area contributed by atoms with Gasteiger partial charge in [-0.2, -0.15) is 0 Å². The van der Waals surface area contributed by atoms with Crippen LogP contribution in [0.4, 0.5) is 0 Å². The second kappa shape index (κ2) is 34.6. The lowest BCUT2D eigenvalue weighted by Crippen LogP contribution is -2.15. The Morgan fingerprint density at radius 3 is 1.00 bits per heavy atom. The zero-order chi connectivity index (χ0) is 31.5. The summed E-state index contributed by atoms with van der Waals surface area (Å²) in [5.41, 5.74) is 0. The van der Waals surface area contributed by atoms with Gasteiger partial charge in [-0.05, 0) is 19.3 Å². The zero-order valence-corrected chi connectivity index (χ0v) is 26.2. The summed E-state index contributed by atoms with van der Waals surface area (Å²) in [4.78, 5) is 33.4. The van der Waals surface area contributed by atoms with E-state index < -0.39 is 5.97 Å². The largest absolute Gasteiger partial charge is 0.481 e. The molecule has 0 rings (SSSR count). The predicted octanol–water partition coefficient (Wildman–Crippen LogP) is 3.19. The minimum absolute atomic E-state index is 0.0597. The molecule has 0 aliphatic carbocycles. The molecule has 13 nitrogen and oxygen atoms in total. The van der Waals surface area contributed by atoms with Crippen molar-refractivity contribution in [2.75, 3.05) is 106 Å². The SMILES string of the molecule is CCCCCCCC(=O)OCCOCCOCCOCCOCCOCCOCCOCCOC(=O)CCCCC(=O)O. The normalized spacial score (nSPS) is 11.1. The third-order valence-electron chi connectivity index (χ3n) is 5.72. The summed E-state index contributed by atoms with van der Waals surface area (Å²) in [6, 6.07) is 0. The van der Waals surface area contributed by atoms with Crippen LogP contribution in [0.2, 0.25) is 0 Å². The van der Waals surface area contributed by atoms with Crippen molar-refractivity contribution in [3.8, 4) is 0 Å². The molecule has 0 aromatic heterocycles. The Balaban J connectivity index is 3.15. The van der Waals surface area contributed by atoms with E-state index in [1.165, 1.54) is 19.3 Å². The Morgan fingerprint density at radius 1 is 0.395 bits per heavy atom. The van der Waals surface area contributed by atoms with E-state index in [4.69, 9.17) is 47.7 Å². The van der Waals surface area contributed by atoms with Gasteiger partial charge in [0.25, 0.3) is 0 Å². The maximum absolute atomic E-state index is 11.6. The number of ether oxygens (including phenoxy) is 9. The lowest BCUT2D eigenvalue weighted by molar-refractivity contribution is -0.146. The van der Waals surface area contributed by atoms with E-state index in [2.05, 4.69) is 6.92 Å². The second-order valence-corrected chi connectivity index (χ2v) is 9.49. The van der Waals surface area contributed by atoms with Crippen LogP contribution in [0, 0.1) is 0 Å². The fourth-order valence-corrected chi connectivity index (χ4v) is 3.41. The number of hydrogen-bond acceptors (Lipinski definition) is 12. The maximum atomic E-state index is 11.6. The molecular formula is C30H56O13. The number of rotatable bonds is 35. The van der Waals surface area contributed by atoms with Gasteiger partial charge in [0.1, 0.15) is 13.2 Å². The summed E-state index contributed by atoms with van der Waals surface area (Å²) in [7, 11) is 0. The van der Waals surface area contributed by atoms with Crippen LogP contribution in [0.5, 0.6) is 0 Å². The van der Waals surface area contributed by atoms with Crippen LogP contribution >= 0.6 is 0 Å². The van der Waals surface area contributed by atoms with Gasteiger partial charge in [0.2, 0.25) is 0 Å². The number of carboxylic acid groups (broad SMARTS) is 1. The summed E-state index contributed by atoms with van der Waals surface area (Å²) in [5, 5.41) is 8.54. The minimum atomic E-state index is -0.864. The molecule has 0 unspecified atom stereocenters. The number of carbonyl (C=O) groups excluding carboxylic acids is 2. The van der Waals surface area contributed by atoms with E-state index in [1.807, 2.05) is 0 Å². The number of esters is 2. The van der Waals surface area contributed by atoms with Gasteiger partial charge in [0, 0.05) is 19.3 Å². The van der Waals surface area contributed by atoms with Crippen molar-refractivity contribution in [2.45, 2.75) is 71.1 Å². The fourth-order valence-electron chi connectivity index (χ4n) is 3.41. The first-order chi connectivity index (χ1) is 21.1. The van der Waals surface area contributed by atoms with Crippen molar-refractivity contribution >= 4 is 17.9 Å². The molecule has 0 aromatic carbocycles. The topological polar surface area (TPSA) is 155 Å². The average Bonchev–Trinajstić information content (AvgIpc) is 2.99. The summed E-state index contributed by atoms with van der Waals surface area (Å²) in [6.07, 6.45) is 7.26. The summed E-state index contributed by atoms with van der Waals surface area (Å²) >= 11 is 0. The van der Waals surface area contributed by atoms with Crippen LogP contribution in [-0.4, -0.2) is 129 Å². The molecule has 0 heterocycles. The van der Waals surface area contributed by atoms with Gasteiger partial charge in [0.05, 0.1) is 92.5 Å². The van der Waals surface area contributed by atoms with Crippen LogP contribution in [0.25, 0.3) is 0 Å². The molecule has 0 saturated carbocycles. The average molecular weight is 625 g/mol. The lowest BCUT2D eigenvalue weighted by atomic mass is 10.1. The molecule has 43 heavy (non-hydrogen) atoms. The highest BCUT2D eigenvalue weighted by molar-refractivity contribution is 5.70. The molecule has 0 aliphatic rings. The van der Waals surface area contributed by atoms with Gasteiger partial charge in [0.15, 0.2) is 0 Å². The van der Waals surface area contributed by atoms with Gasteiger partial charge in [-0.3, -0.25) is 14.4 Å². The quantitative estimate of drug-likeness (QED) is 0.0811. The Bertz CT molecular complexity index is 633. The molecule has 0 atom stereocenters. The van der Waals surface area contributed by atoms with Crippen molar-refractivity contribution in [2.24, 2.45) is 0 Å². The smallest absolute Gasteiger partial charge is 0.305 e. The van der Waals surface area contributed by atoms with Crippen LogP contribution in [-0.2, 0) is 57.0 Å². The molecular weight excluding hydrogens is 568 g/mol. The van der Waals surface area contributed by atoms with E-state index in [0.717, 1.165) is 12.8 Å². The van der Waals surface area contributed by atoms with Crippen molar-refractivity contribution in [1.82, 2.24) is 0 Å². The van der Waals surface area contributed by atoms with Crippen LogP contribution in [0.15, 0.2) is 0 Å². The van der Waals surface area contributed by atoms with Gasteiger partial charge in [-0.25, -0.2) is 0 Å². The first-order valence-electron chi connectivity index (χ1n) is 15.6. The third kappa shape index (κ3) is 36.2. The summed E-state index contributed by atoms with van der Waals surface area (Å²) in [6.45, 7) is 8.64. The number of unbranched alkanes of at least 4 members (excludes halogenated alkanes) is 5. The van der Waals surface area contributed by atoms with Gasteiger partial charge >= 0.3 is 17.9 Å². The minimum Gasteiger partial charge on any atom is -0.481 e. The molecule has 0 spiro atoms. The third-order valence-corrected chi connectivity index (χ3v) is 5.72. The lowest BCUT2D eigenvalue weighted by Gasteiger charge is -2.09. The fraction of sp³-hybridized carbons (Fsp3) is 0.900. The Labute approximate surface area is 257 Å². The predicted molar refractivity (Wildman–Crippen MR) is 157 cm³/mol. The highest BCUT2D eigenvalue weighted by Crippen LogP contribution is 2.05. The van der Waals surface area contributed by atoms with E-state index in [-0.39, 0.29) is 44.6 Å². The molecule has 13 heteroatoms. The van der Waals surface area contributed by atoms with Gasteiger partial charge in [-0.1, -0.05) is 32.6 Å².